The van der Waals surface area contributed by atoms with Gasteiger partial charge in [-0.15, -0.1) is 0 Å². The normalized spacial score (nSPS) is 10.0. The average Bonchev–Trinajstić information content (AvgIpc) is 2.97. The Morgan fingerprint density at radius 1 is 1.14 bits per heavy atom. The number of furan rings is 1. The maximum absolute atomic E-state index is 12.2. The summed E-state index contributed by atoms with van der Waals surface area (Å²) in [6, 6.07) is 5.77. The number of carboxylic acid groups (broad SMARTS) is 1. The predicted octanol–water partition coefficient (Wildman–Crippen LogP) is 1.07. The van der Waals surface area contributed by atoms with Gasteiger partial charge in [0.05, 0.1) is 23.8 Å². The van der Waals surface area contributed by atoms with Gasteiger partial charge in [0.25, 0.3) is 5.91 Å². The quantitative estimate of drug-likeness (QED) is 0.827. The first-order valence-corrected chi connectivity index (χ1v) is 6.39. The summed E-state index contributed by atoms with van der Waals surface area (Å²) >= 11 is 0. The summed E-state index contributed by atoms with van der Waals surface area (Å²) in [5, 5.41) is 13.4. The van der Waals surface area contributed by atoms with Crippen molar-refractivity contribution in [2.45, 2.75) is 6.92 Å². The van der Waals surface area contributed by atoms with E-state index in [0.717, 1.165) is 12.5 Å². The number of rotatable bonds is 5. The van der Waals surface area contributed by atoms with E-state index < -0.39 is 17.8 Å². The molecule has 0 unspecified atom stereocenters. The van der Waals surface area contributed by atoms with Gasteiger partial charge in [-0.2, -0.15) is 0 Å². The fraction of sp³-hybridized carbons (Fsp3) is 0.133. The summed E-state index contributed by atoms with van der Waals surface area (Å²) in [6.45, 7) is 1.78. The van der Waals surface area contributed by atoms with E-state index in [4.69, 9.17) is 9.15 Å². The largest absolute Gasteiger partial charge is 0.545 e. The molecule has 1 heterocycles. The lowest BCUT2D eigenvalue weighted by Crippen LogP contribution is -2.25. The highest BCUT2D eigenvalue weighted by Gasteiger charge is 2.21. The van der Waals surface area contributed by atoms with Crippen LogP contribution in [-0.4, -0.2) is 24.5 Å². The molecule has 1 aromatic carbocycles. The summed E-state index contributed by atoms with van der Waals surface area (Å²) in [5.41, 5.74) is -0.197. The number of benzene rings is 1. The molecule has 0 spiro atoms. The summed E-state index contributed by atoms with van der Waals surface area (Å²) in [5.74, 6) is -2.81. The number of nitrogens with one attached hydrogen (secondary N) is 1. The Hall–Kier alpha value is -3.09. The second-order valence-corrected chi connectivity index (χ2v) is 4.21. The van der Waals surface area contributed by atoms with Crippen molar-refractivity contribution in [3.63, 3.8) is 0 Å². The van der Waals surface area contributed by atoms with Gasteiger partial charge in [-0.1, -0.05) is 18.2 Å². The van der Waals surface area contributed by atoms with Crippen molar-refractivity contribution < 1.29 is 28.6 Å². The molecule has 0 saturated heterocycles. The number of amides is 1. The molecule has 0 aliphatic heterocycles. The summed E-state index contributed by atoms with van der Waals surface area (Å²) in [4.78, 5) is 34.9. The molecule has 7 nitrogen and oxygen atoms in total. The van der Waals surface area contributed by atoms with Crippen molar-refractivity contribution in [1.29, 1.82) is 0 Å². The second-order valence-electron chi connectivity index (χ2n) is 4.21. The van der Waals surface area contributed by atoms with Gasteiger partial charge in [-0.05, 0) is 13.0 Å². The van der Waals surface area contributed by atoms with Crippen LogP contribution in [0.4, 0.5) is 5.69 Å². The van der Waals surface area contributed by atoms with Crippen molar-refractivity contribution in [3.05, 3.63) is 53.5 Å². The van der Waals surface area contributed by atoms with Crippen molar-refractivity contribution in [1.82, 2.24) is 0 Å². The summed E-state index contributed by atoms with van der Waals surface area (Å²) < 4.78 is 9.67. The maximum atomic E-state index is 12.2. The Morgan fingerprint density at radius 3 is 2.50 bits per heavy atom. The van der Waals surface area contributed by atoms with Crippen LogP contribution in [0.3, 0.4) is 0 Å². The van der Waals surface area contributed by atoms with E-state index in [9.17, 15) is 19.5 Å². The van der Waals surface area contributed by atoms with Crippen LogP contribution in [-0.2, 0) is 4.74 Å². The van der Waals surface area contributed by atoms with E-state index in [-0.39, 0.29) is 29.0 Å². The molecule has 0 atom stereocenters. The number of ether oxygens (including phenoxy) is 1. The lowest BCUT2D eigenvalue weighted by Gasteiger charge is -2.11. The first-order valence-electron chi connectivity index (χ1n) is 6.39. The third kappa shape index (κ3) is 3.14. The van der Waals surface area contributed by atoms with E-state index in [1.807, 2.05) is 0 Å². The SMILES string of the molecule is CCOC(=O)c1cocc1C(=O)Nc1ccccc1C(=O)[O-]. The number of hydrogen-bond acceptors (Lipinski definition) is 6. The van der Waals surface area contributed by atoms with Gasteiger partial charge in [-0.25, -0.2) is 4.79 Å². The number of carbonyl (C=O) groups excluding carboxylic acids is 3. The van der Waals surface area contributed by atoms with Gasteiger partial charge >= 0.3 is 5.97 Å². The van der Waals surface area contributed by atoms with Crippen LogP contribution in [0.15, 0.2) is 41.2 Å². The molecular formula is C15H12NO6-. The van der Waals surface area contributed by atoms with Crippen molar-refractivity contribution in [2.75, 3.05) is 11.9 Å². The Balaban J connectivity index is 2.26. The fourth-order valence-corrected chi connectivity index (χ4v) is 1.80. The second kappa shape index (κ2) is 6.57. The minimum absolute atomic E-state index is 0.0368. The molecule has 0 fully saturated rings. The van der Waals surface area contributed by atoms with Crippen LogP contribution in [0.2, 0.25) is 0 Å². The van der Waals surface area contributed by atoms with Gasteiger partial charge in [0, 0.05) is 5.56 Å². The molecule has 0 bridgehead atoms. The molecule has 2 aromatic rings. The molecule has 22 heavy (non-hydrogen) atoms. The first kappa shape index (κ1) is 15.3. The zero-order chi connectivity index (χ0) is 16.1. The van der Waals surface area contributed by atoms with E-state index in [2.05, 4.69) is 5.32 Å². The minimum atomic E-state index is -1.42. The monoisotopic (exact) mass is 302 g/mol. The number of esters is 1. The van der Waals surface area contributed by atoms with E-state index in [1.165, 1.54) is 18.2 Å². The van der Waals surface area contributed by atoms with Gasteiger partial charge in [0.2, 0.25) is 0 Å². The average molecular weight is 302 g/mol. The highest BCUT2D eigenvalue weighted by atomic mass is 16.5. The Bertz CT molecular complexity index is 718. The molecule has 1 aromatic heterocycles. The van der Waals surface area contributed by atoms with E-state index in [0.29, 0.717) is 0 Å². The van der Waals surface area contributed by atoms with Crippen LogP contribution >= 0.6 is 0 Å². The molecular weight excluding hydrogens is 290 g/mol. The predicted molar refractivity (Wildman–Crippen MR) is 73.4 cm³/mol. The third-order valence-corrected chi connectivity index (χ3v) is 2.80. The number of hydrogen-bond donors (Lipinski definition) is 1. The number of carboxylic acids is 1. The zero-order valence-corrected chi connectivity index (χ0v) is 11.6. The Labute approximate surface area is 125 Å². The first-order chi connectivity index (χ1) is 10.5. The molecule has 0 saturated carbocycles. The molecule has 0 aliphatic rings. The molecule has 7 heteroatoms. The lowest BCUT2D eigenvalue weighted by atomic mass is 10.1. The standard InChI is InChI=1S/C15H13NO6/c1-2-22-15(20)11-8-21-7-10(11)13(17)16-12-6-4-3-5-9(12)14(18)19/h3-8H,2H2,1H3,(H,16,17)(H,18,19)/p-1. The van der Waals surface area contributed by atoms with Crippen molar-refractivity contribution in [3.8, 4) is 0 Å². The van der Waals surface area contributed by atoms with Crippen LogP contribution in [0.25, 0.3) is 0 Å². The third-order valence-electron chi connectivity index (χ3n) is 2.80. The Morgan fingerprint density at radius 2 is 1.82 bits per heavy atom. The van der Waals surface area contributed by atoms with Crippen LogP contribution < -0.4 is 10.4 Å². The number of carbonyl (C=O) groups is 3. The number of para-hydroxylation sites is 1. The maximum Gasteiger partial charge on any atom is 0.342 e. The Kier molecular flexibility index (Phi) is 4.57. The van der Waals surface area contributed by atoms with Crippen LogP contribution in [0, 0.1) is 0 Å². The molecule has 1 amide bonds. The molecule has 2 rings (SSSR count). The number of anilines is 1. The summed E-state index contributed by atoms with van der Waals surface area (Å²) in [7, 11) is 0. The molecule has 114 valence electrons. The van der Waals surface area contributed by atoms with Crippen molar-refractivity contribution in [2.24, 2.45) is 0 Å². The van der Waals surface area contributed by atoms with Crippen LogP contribution in [0.5, 0.6) is 0 Å². The zero-order valence-electron chi connectivity index (χ0n) is 11.6. The molecule has 0 radical (unpaired) electrons. The highest BCUT2D eigenvalue weighted by molar-refractivity contribution is 6.12. The highest BCUT2D eigenvalue weighted by Crippen LogP contribution is 2.18. The van der Waals surface area contributed by atoms with E-state index in [1.54, 1.807) is 13.0 Å². The fourth-order valence-electron chi connectivity index (χ4n) is 1.80. The molecule has 1 N–H and O–H groups in total. The van der Waals surface area contributed by atoms with Gasteiger partial charge in [0.1, 0.15) is 18.1 Å². The van der Waals surface area contributed by atoms with Crippen molar-refractivity contribution >= 4 is 23.5 Å². The molecule has 0 aliphatic carbocycles. The topological polar surface area (TPSA) is 109 Å². The van der Waals surface area contributed by atoms with Gasteiger partial charge in [0.15, 0.2) is 0 Å². The van der Waals surface area contributed by atoms with Gasteiger partial charge in [-0.3, -0.25) is 4.79 Å². The number of aromatic carboxylic acids is 1. The van der Waals surface area contributed by atoms with E-state index >= 15 is 0 Å². The smallest absolute Gasteiger partial charge is 0.342 e. The van der Waals surface area contributed by atoms with Gasteiger partial charge < -0.3 is 24.4 Å². The minimum Gasteiger partial charge on any atom is -0.545 e. The van der Waals surface area contributed by atoms with Crippen LogP contribution in [0.1, 0.15) is 38.0 Å². The lowest BCUT2D eigenvalue weighted by molar-refractivity contribution is -0.254. The summed E-state index contributed by atoms with van der Waals surface area (Å²) in [6.07, 6.45) is 2.18.